The highest BCUT2D eigenvalue weighted by atomic mass is 19.3. The van der Waals surface area contributed by atoms with Crippen molar-refractivity contribution in [3.05, 3.63) is 59.0 Å². The number of fused-ring (bicyclic) bond motifs is 1. The van der Waals surface area contributed by atoms with E-state index in [1.807, 2.05) is 48.9 Å². The van der Waals surface area contributed by atoms with Crippen molar-refractivity contribution in [2.75, 3.05) is 37.4 Å². The minimum atomic E-state index is -3.13. The van der Waals surface area contributed by atoms with Gasteiger partial charge in [0.15, 0.2) is 5.75 Å². The normalized spacial score (nSPS) is 13.9. The van der Waals surface area contributed by atoms with Crippen molar-refractivity contribution in [3.8, 4) is 17.0 Å². The second-order valence-electron chi connectivity index (χ2n) is 8.91. The van der Waals surface area contributed by atoms with Gasteiger partial charge >= 0.3 is 6.61 Å². The van der Waals surface area contributed by atoms with Gasteiger partial charge in [-0.2, -0.15) is 8.78 Å². The summed E-state index contributed by atoms with van der Waals surface area (Å²) < 4.78 is 33.2. The lowest BCUT2D eigenvalue weighted by Gasteiger charge is -2.44. The number of nitrogens with zero attached hydrogens (tertiary/aromatic N) is 7. The first-order valence-corrected chi connectivity index (χ1v) is 11.4. The Bertz CT molecular complexity index is 1470. The summed E-state index contributed by atoms with van der Waals surface area (Å²) >= 11 is 0. The van der Waals surface area contributed by atoms with Gasteiger partial charge in [-0.1, -0.05) is 0 Å². The third kappa shape index (κ3) is 4.72. The number of alkyl halides is 2. The highest BCUT2D eigenvalue weighted by Gasteiger charge is 2.34. The second-order valence-corrected chi connectivity index (χ2v) is 8.91. The number of pyridine rings is 1. The lowest BCUT2D eigenvalue weighted by molar-refractivity contribution is -0.384. The van der Waals surface area contributed by atoms with E-state index in [2.05, 4.69) is 20.3 Å². The van der Waals surface area contributed by atoms with Crippen molar-refractivity contribution in [1.29, 1.82) is 0 Å². The maximum Gasteiger partial charge on any atom is 0.387 e. The summed E-state index contributed by atoms with van der Waals surface area (Å²) in [6, 6.07) is 8.10. The summed E-state index contributed by atoms with van der Waals surface area (Å²) in [5.74, 6) is -0.187. The Hall–Kier alpha value is -4.39. The minimum Gasteiger partial charge on any atom is -0.433 e. The van der Waals surface area contributed by atoms with Crippen LogP contribution in [0.4, 0.5) is 31.8 Å². The predicted octanol–water partition coefficient (Wildman–Crippen LogP) is 4.03. The highest BCUT2D eigenvalue weighted by Crippen LogP contribution is 2.42. The number of hydrogen-bond acceptors (Lipinski definition) is 9. The van der Waals surface area contributed by atoms with Crippen molar-refractivity contribution < 1.29 is 18.4 Å². The monoisotopic (exact) mass is 510 g/mol. The molecule has 1 aliphatic heterocycles. The largest absolute Gasteiger partial charge is 0.433 e. The fourth-order valence-corrected chi connectivity index (χ4v) is 4.32. The summed E-state index contributed by atoms with van der Waals surface area (Å²) in [6.07, 6.45) is 5.06. The van der Waals surface area contributed by atoms with Crippen LogP contribution in [0.15, 0.2) is 48.9 Å². The van der Waals surface area contributed by atoms with Crippen LogP contribution in [-0.2, 0) is 7.05 Å². The van der Waals surface area contributed by atoms with Crippen molar-refractivity contribution >= 4 is 34.0 Å². The number of rotatable bonds is 8. The number of halogens is 2. The van der Waals surface area contributed by atoms with Crippen LogP contribution in [0.2, 0.25) is 0 Å². The number of aryl methyl sites for hydroxylation is 1. The number of aromatic nitrogens is 4. The molecule has 0 spiro atoms. The molecule has 1 saturated heterocycles. The van der Waals surface area contributed by atoms with Crippen molar-refractivity contribution in [1.82, 2.24) is 24.4 Å². The van der Waals surface area contributed by atoms with Gasteiger partial charge in [-0.25, -0.2) is 9.97 Å². The molecule has 1 fully saturated rings. The Morgan fingerprint density at radius 1 is 1.22 bits per heavy atom. The molecule has 0 radical (unpaired) electrons. The number of nitro benzene ring substituents is 1. The quantitative estimate of drug-likeness (QED) is 0.277. The van der Waals surface area contributed by atoms with Crippen LogP contribution in [0.25, 0.3) is 22.3 Å². The summed E-state index contributed by atoms with van der Waals surface area (Å²) in [7, 11) is 5.72. The fraction of sp³-hybridized carbons (Fsp3) is 0.292. The van der Waals surface area contributed by atoms with Crippen LogP contribution in [-0.4, -0.2) is 69.2 Å². The molecule has 4 aromatic rings. The van der Waals surface area contributed by atoms with E-state index in [4.69, 9.17) is 4.74 Å². The van der Waals surface area contributed by atoms with E-state index < -0.39 is 11.5 Å². The molecule has 0 atom stereocenters. The molecule has 3 aromatic heterocycles. The molecule has 0 unspecified atom stereocenters. The van der Waals surface area contributed by atoms with Crippen LogP contribution in [0.1, 0.15) is 0 Å². The standard InChI is InChI=1S/C24H24F2N8O3/c1-31(2)14-11-33(12-14)19-10-21(37-23(25)26)17(9-20(19)34(35)36)30-24-28-8-6-16(29-24)15-13-32(3)18-5-4-7-27-22(15)18/h4-10,13-14,23H,11-12H2,1-3H3,(H,28,29,30). The van der Waals surface area contributed by atoms with Gasteiger partial charge in [0.2, 0.25) is 5.95 Å². The van der Waals surface area contributed by atoms with Crippen LogP contribution in [0.5, 0.6) is 5.75 Å². The summed E-state index contributed by atoms with van der Waals surface area (Å²) in [4.78, 5) is 28.2. The zero-order valence-corrected chi connectivity index (χ0v) is 20.3. The molecule has 0 aliphatic carbocycles. The third-order valence-corrected chi connectivity index (χ3v) is 6.35. The SMILES string of the molecule is CN(C)C1CN(c2cc(OC(F)F)c(Nc3nccc(-c4cn(C)c5cccnc45)n3)cc2[N+](=O)[O-])C1. The lowest BCUT2D eigenvalue weighted by Crippen LogP contribution is -2.57. The smallest absolute Gasteiger partial charge is 0.387 e. The Labute approximate surface area is 210 Å². The van der Waals surface area contributed by atoms with Crippen LogP contribution in [0, 0.1) is 10.1 Å². The number of nitrogens with one attached hydrogen (secondary N) is 1. The molecule has 0 amide bonds. The van der Waals surface area contributed by atoms with Gasteiger partial charge in [-0.3, -0.25) is 15.1 Å². The van der Waals surface area contributed by atoms with E-state index in [-0.39, 0.29) is 34.8 Å². The summed E-state index contributed by atoms with van der Waals surface area (Å²) in [5.41, 5.74) is 2.86. The number of benzene rings is 1. The number of nitro groups is 1. The number of likely N-dealkylation sites (N-methyl/N-ethyl adjacent to an activating group) is 1. The molecule has 1 aromatic carbocycles. The van der Waals surface area contributed by atoms with Crippen LogP contribution < -0.4 is 15.0 Å². The van der Waals surface area contributed by atoms with E-state index in [9.17, 15) is 18.9 Å². The van der Waals surface area contributed by atoms with Gasteiger partial charge in [0.1, 0.15) is 5.69 Å². The van der Waals surface area contributed by atoms with Crippen molar-refractivity contribution in [2.45, 2.75) is 12.7 Å². The summed E-state index contributed by atoms with van der Waals surface area (Å²) in [5, 5.41) is 14.7. The number of anilines is 3. The molecule has 1 N–H and O–H groups in total. The molecule has 5 rings (SSSR count). The zero-order chi connectivity index (χ0) is 26.3. The lowest BCUT2D eigenvalue weighted by atomic mass is 10.1. The molecule has 13 heteroatoms. The highest BCUT2D eigenvalue weighted by molar-refractivity contribution is 5.92. The first kappa shape index (κ1) is 24.3. The van der Waals surface area contributed by atoms with Gasteiger partial charge in [0.05, 0.1) is 27.3 Å². The molecule has 0 bridgehead atoms. The molecule has 37 heavy (non-hydrogen) atoms. The Morgan fingerprint density at radius 2 is 2.00 bits per heavy atom. The molecule has 11 nitrogen and oxygen atoms in total. The molecule has 0 saturated carbocycles. The van der Waals surface area contributed by atoms with E-state index in [0.717, 1.165) is 16.6 Å². The molecular formula is C24H24F2N8O3. The van der Waals surface area contributed by atoms with Gasteiger partial charge in [-0.15, -0.1) is 0 Å². The van der Waals surface area contributed by atoms with Gasteiger partial charge in [0, 0.05) is 62.5 Å². The van der Waals surface area contributed by atoms with Crippen molar-refractivity contribution in [2.24, 2.45) is 7.05 Å². The molecule has 4 heterocycles. The zero-order valence-electron chi connectivity index (χ0n) is 20.3. The Morgan fingerprint density at radius 3 is 2.70 bits per heavy atom. The van der Waals surface area contributed by atoms with E-state index in [1.54, 1.807) is 17.2 Å². The van der Waals surface area contributed by atoms with Crippen molar-refractivity contribution in [3.63, 3.8) is 0 Å². The maximum absolute atomic E-state index is 13.3. The van der Waals surface area contributed by atoms with Gasteiger partial charge in [-0.05, 0) is 32.3 Å². The average Bonchev–Trinajstić information content (AvgIpc) is 3.16. The van der Waals surface area contributed by atoms with E-state index in [0.29, 0.717) is 18.8 Å². The first-order valence-electron chi connectivity index (χ1n) is 11.4. The van der Waals surface area contributed by atoms with Crippen LogP contribution >= 0.6 is 0 Å². The van der Waals surface area contributed by atoms with Gasteiger partial charge < -0.3 is 24.4 Å². The van der Waals surface area contributed by atoms with Crippen LogP contribution in [0.3, 0.4) is 0 Å². The topological polar surface area (TPSA) is 114 Å². The average molecular weight is 511 g/mol. The van der Waals surface area contributed by atoms with Gasteiger partial charge in [0.25, 0.3) is 5.69 Å². The Kier molecular flexibility index (Phi) is 6.29. The predicted molar refractivity (Wildman–Crippen MR) is 134 cm³/mol. The molecule has 1 aliphatic rings. The third-order valence-electron chi connectivity index (χ3n) is 6.35. The molecule has 192 valence electrons. The van der Waals surface area contributed by atoms with E-state index >= 15 is 0 Å². The number of ether oxygens (including phenoxy) is 1. The number of hydrogen-bond donors (Lipinski definition) is 1. The molecular weight excluding hydrogens is 486 g/mol. The second kappa shape index (κ2) is 9.58. The summed E-state index contributed by atoms with van der Waals surface area (Å²) in [6.45, 7) is -2.08. The fourth-order valence-electron chi connectivity index (χ4n) is 4.32. The first-order chi connectivity index (χ1) is 17.7. The minimum absolute atomic E-state index is 0.0476. The Balaban J connectivity index is 1.51. The maximum atomic E-state index is 13.3. The van der Waals surface area contributed by atoms with E-state index in [1.165, 1.54) is 18.3 Å².